The smallest absolute Gasteiger partial charge is 0.266 e. The minimum Gasteiger partial charge on any atom is -0.487 e. The lowest BCUT2D eigenvalue weighted by Crippen LogP contribution is -1.70. The molecule has 0 aromatic carbocycles. The maximum absolute atomic E-state index is 11.4. The van der Waals surface area contributed by atoms with Gasteiger partial charge in [-0.05, 0) is 18.9 Å². The van der Waals surface area contributed by atoms with Gasteiger partial charge in [-0.15, -0.1) is 0 Å². The number of unbranched alkanes of at least 4 members (excludes halogenated alkanes) is 2. The molecule has 2 heteroatoms. The summed E-state index contributed by atoms with van der Waals surface area (Å²) in [6.07, 6.45) is 3.79. The number of halogens is 1. The van der Waals surface area contributed by atoms with Crippen LogP contribution in [-0.4, -0.2) is 5.11 Å². The van der Waals surface area contributed by atoms with E-state index in [1.165, 1.54) is 6.08 Å². The van der Waals surface area contributed by atoms with Crippen molar-refractivity contribution in [1.82, 2.24) is 0 Å². The first kappa shape index (κ1) is 7.47. The summed E-state index contributed by atoms with van der Waals surface area (Å²) in [4.78, 5) is 0. The monoisotopic (exact) mass is 118 g/mol. The second-order valence-corrected chi connectivity index (χ2v) is 1.67. The molecular formula is C6H11FO. The van der Waals surface area contributed by atoms with Crippen LogP contribution in [0.4, 0.5) is 4.39 Å². The second kappa shape index (κ2) is 4.62. The van der Waals surface area contributed by atoms with E-state index in [0.717, 1.165) is 12.8 Å². The van der Waals surface area contributed by atoms with Gasteiger partial charge in [-0.3, -0.25) is 0 Å². The molecule has 0 amide bonds. The lowest BCUT2D eigenvalue weighted by Gasteiger charge is -1.85. The molecule has 0 aromatic rings. The van der Waals surface area contributed by atoms with Crippen molar-refractivity contribution >= 4 is 0 Å². The van der Waals surface area contributed by atoms with Crippen molar-refractivity contribution in [2.45, 2.75) is 26.2 Å². The minimum atomic E-state index is -1.06. The molecule has 0 aliphatic carbocycles. The molecule has 0 rings (SSSR count). The Kier molecular flexibility index (Phi) is 4.32. The van der Waals surface area contributed by atoms with Crippen molar-refractivity contribution in [3.8, 4) is 0 Å². The van der Waals surface area contributed by atoms with Crippen molar-refractivity contribution in [1.29, 1.82) is 0 Å². The summed E-state index contributed by atoms with van der Waals surface area (Å²) in [5.41, 5.74) is 0. The SMILES string of the molecule is CCCC/C=C(/O)F. The van der Waals surface area contributed by atoms with Gasteiger partial charge in [0.1, 0.15) is 0 Å². The lowest BCUT2D eigenvalue weighted by atomic mass is 10.2. The highest BCUT2D eigenvalue weighted by Crippen LogP contribution is 1.98. The Balaban J connectivity index is 3.03. The molecule has 1 nitrogen and oxygen atoms in total. The molecule has 0 radical (unpaired) electrons. The fourth-order valence-electron chi connectivity index (χ4n) is 0.425. The summed E-state index contributed by atoms with van der Waals surface area (Å²) in [6.45, 7) is 2.02. The van der Waals surface area contributed by atoms with Gasteiger partial charge >= 0.3 is 0 Å². The molecule has 48 valence electrons. The zero-order valence-electron chi connectivity index (χ0n) is 5.02. The van der Waals surface area contributed by atoms with Crippen molar-refractivity contribution < 1.29 is 9.50 Å². The number of rotatable bonds is 3. The van der Waals surface area contributed by atoms with Gasteiger partial charge in [0.2, 0.25) is 0 Å². The predicted molar refractivity (Wildman–Crippen MR) is 31.3 cm³/mol. The van der Waals surface area contributed by atoms with Gasteiger partial charge in [0.25, 0.3) is 6.01 Å². The van der Waals surface area contributed by atoms with E-state index in [-0.39, 0.29) is 0 Å². The van der Waals surface area contributed by atoms with E-state index in [9.17, 15) is 4.39 Å². The highest BCUT2D eigenvalue weighted by atomic mass is 19.1. The van der Waals surface area contributed by atoms with Crippen molar-refractivity contribution in [3.05, 3.63) is 12.1 Å². The summed E-state index contributed by atoms with van der Waals surface area (Å²) in [5.74, 6) is 0. The molecule has 0 aromatic heterocycles. The van der Waals surface area contributed by atoms with Crippen LogP contribution in [0.15, 0.2) is 12.1 Å². The van der Waals surface area contributed by atoms with Crippen LogP contribution in [-0.2, 0) is 0 Å². The largest absolute Gasteiger partial charge is 0.487 e. The summed E-state index contributed by atoms with van der Waals surface area (Å²) in [7, 11) is 0. The van der Waals surface area contributed by atoms with Crippen LogP contribution in [0.2, 0.25) is 0 Å². The predicted octanol–water partition coefficient (Wildman–Crippen LogP) is 2.55. The molecular weight excluding hydrogens is 107 g/mol. The van der Waals surface area contributed by atoms with E-state index in [2.05, 4.69) is 0 Å². The van der Waals surface area contributed by atoms with Gasteiger partial charge in [0.15, 0.2) is 0 Å². The van der Waals surface area contributed by atoms with E-state index >= 15 is 0 Å². The Hall–Kier alpha value is -0.530. The average molecular weight is 118 g/mol. The summed E-state index contributed by atoms with van der Waals surface area (Å²) in [5, 5.41) is 7.97. The van der Waals surface area contributed by atoms with E-state index in [0.29, 0.717) is 6.42 Å². The first-order valence-corrected chi connectivity index (χ1v) is 2.82. The summed E-state index contributed by atoms with van der Waals surface area (Å²) < 4.78 is 11.4. The molecule has 1 N–H and O–H groups in total. The first-order chi connectivity index (χ1) is 3.77. The van der Waals surface area contributed by atoms with E-state index < -0.39 is 6.01 Å². The molecule has 0 saturated carbocycles. The maximum atomic E-state index is 11.4. The lowest BCUT2D eigenvalue weighted by molar-refractivity contribution is 0.280. The van der Waals surface area contributed by atoms with Gasteiger partial charge in [-0.1, -0.05) is 13.3 Å². The van der Waals surface area contributed by atoms with Crippen LogP contribution in [0.3, 0.4) is 0 Å². The molecule has 8 heavy (non-hydrogen) atoms. The van der Waals surface area contributed by atoms with Crippen LogP contribution >= 0.6 is 0 Å². The van der Waals surface area contributed by atoms with Gasteiger partial charge in [-0.25, -0.2) is 0 Å². The fourth-order valence-corrected chi connectivity index (χ4v) is 0.425. The highest BCUT2D eigenvalue weighted by molar-refractivity contribution is 4.78. The third-order valence-electron chi connectivity index (χ3n) is 0.870. The zero-order chi connectivity index (χ0) is 6.41. The molecule has 0 bridgehead atoms. The van der Waals surface area contributed by atoms with E-state index in [4.69, 9.17) is 5.11 Å². The number of aliphatic hydroxyl groups excluding tert-OH is 1. The van der Waals surface area contributed by atoms with Crippen LogP contribution in [0.5, 0.6) is 0 Å². The highest BCUT2D eigenvalue weighted by Gasteiger charge is 1.83. The quantitative estimate of drug-likeness (QED) is 0.446. The normalized spacial score (nSPS) is 12.0. The van der Waals surface area contributed by atoms with Gasteiger partial charge in [-0.2, -0.15) is 4.39 Å². The molecule has 0 aliphatic heterocycles. The minimum absolute atomic E-state index is 0.638. The van der Waals surface area contributed by atoms with Crippen LogP contribution < -0.4 is 0 Å². The molecule has 0 unspecified atom stereocenters. The van der Waals surface area contributed by atoms with Crippen LogP contribution in [0.1, 0.15) is 26.2 Å². The van der Waals surface area contributed by atoms with Gasteiger partial charge in [0.05, 0.1) is 0 Å². The molecule has 0 heterocycles. The standard InChI is InChI=1S/C6H11FO/c1-2-3-4-5-6(7)8/h5,8H,2-4H2,1H3/b6-5+. The summed E-state index contributed by atoms with van der Waals surface area (Å²) in [6, 6.07) is -1.06. The molecule has 0 fully saturated rings. The number of hydrogen-bond donors (Lipinski definition) is 1. The first-order valence-electron chi connectivity index (χ1n) is 2.82. The molecule has 0 spiro atoms. The third-order valence-corrected chi connectivity index (χ3v) is 0.870. The average Bonchev–Trinajstić information content (AvgIpc) is 1.66. The van der Waals surface area contributed by atoms with E-state index in [1.807, 2.05) is 6.92 Å². The third kappa shape index (κ3) is 5.47. The molecule has 0 saturated heterocycles. The van der Waals surface area contributed by atoms with Gasteiger partial charge < -0.3 is 5.11 Å². The second-order valence-electron chi connectivity index (χ2n) is 1.67. The van der Waals surface area contributed by atoms with Crippen LogP contribution in [0.25, 0.3) is 0 Å². The van der Waals surface area contributed by atoms with Crippen molar-refractivity contribution in [2.75, 3.05) is 0 Å². The number of hydrogen-bond acceptors (Lipinski definition) is 1. The van der Waals surface area contributed by atoms with Crippen molar-refractivity contribution in [2.24, 2.45) is 0 Å². The van der Waals surface area contributed by atoms with Gasteiger partial charge in [0, 0.05) is 0 Å². The number of allylic oxidation sites excluding steroid dienone is 1. The number of aliphatic hydroxyl groups is 1. The Bertz CT molecular complexity index is 74.6. The Morgan fingerprint density at radius 1 is 1.75 bits per heavy atom. The van der Waals surface area contributed by atoms with Crippen molar-refractivity contribution in [3.63, 3.8) is 0 Å². The Morgan fingerprint density at radius 2 is 2.38 bits per heavy atom. The Morgan fingerprint density at radius 3 is 2.75 bits per heavy atom. The Labute approximate surface area is 48.8 Å². The topological polar surface area (TPSA) is 20.2 Å². The molecule has 0 aliphatic rings. The molecule has 0 atom stereocenters. The maximum Gasteiger partial charge on any atom is 0.266 e. The fraction of sp³-hybridized carbons (Fsp3) is 0.667. The summed E-state index contributed by atoms with van der Waals surface area (Å²) >= 11 is 0. The van der Waals surface area contributed by atoms with E-state index in [1.54, 1.807) is 0 Å². The van der Waals surface area contributed by atoms with Crippen LogP contribution in [0, 0.1) is 0 Å². The zero-order valence-corrected chi connectivity index (χ0v) is 5.02.